The van der Waals surface area contributed by atoms with Gasteiger partial charge in [0.2, 0.25) is 0 Å². The Labute approximate surface area is 183 Å². The topological polar surface area (TPSA) is 98.0 Å². The number of aliphatic imine (C=N–C) groups is 1. The smallest absolute Gasteiger partial charge is 0.339 e. The summed E-state index contributed by atoms with van der Waals surface area (Å²) in [7, 11) is 0. The van der Waals surface area contributed by atoms with E-state index < -0.39 is 17.8 Å². The van der Waals surface area contributed by atoms with Crippen molar-refractivity contribution in [2.24, 2.45) is 4.99 Å². The number of imide groups is 1. The molecule has 0 fully saturated rings. The molecule has 2 amide bonds. The lowest BCUT2D eigenvalue weighted by Crippen LogP contribution is -2.39. The second-order valence-electron chi connectivity index (χ2n) is 7.16. The maximum Gasteiger partial charge on any atom is 0.339 e. The molecule has 2 aromatic rings. The van der Waals surface area contributed by atoms with E-state index in [0.29, 0.717) is 46.8 Å². The standard InChI is InChI=1S/C23H19ClN2O5/c1-3-8-30-23(29)16-9-13(4-6-17(16)24)19-7-5-14(31-19)10-15-12(2)20(18-11-25-18)22(28)26-21(15)27/h4-7,9-11,18H,3,8H2,1-2H3,(H,26,27,28)/b15-10-. The SMILES string of the molecule is CCCOC(=O)c1cc(-c2ccc(/C=C3\C(=O)NC(=O)C(C4C=N4)=C3C)o2)ccc1Cl. The van der Waals surface area contributed by atoms with Crippen LogP contribution in [0, 0.1) is 0 Å². The Morgan fingerprint density at radius 3 is 2.74 bits per heavy atom. The number of carbonyl (C=O) groups is 3. The highest BCUT2D eigenvalue weighted by Gasteiger charge is 2.35. The Morgan fingerprint density at radius 2 is 2.03 bits per heavy atom. The number of carbonyl (C=O) groups excluding carboxylic acids is 3. The number of rotatable bonds is 6. The predicted molar refractivity (Wildman–Crippen MR) is 116 cm³/mol. The molecule has 2 aliphatic rings. The van der Waals surface area contributed by atoms with Gasteiger partial charge in [-0.3, -0.25) is 19.9 Å². The molecular formula is C23H19ClN2O5. The molecule has 1 N–H and O–H groups in total. The van der Waals surface area contributed by atoms with Gasteiger partial charge in [-0.15, -0.1) is 0 Å². The highest BCUT2D eigenvalue weighted by Crippen LogP contribution is 2.31. The molecule has 1 atom stereocenters. The lowest BCUT2D eigenvalue weighted by Gasteiger charge is -2.18. The first kappa shape index (κ1) is 20.8. The molecule has 8 heteroatoms. The monoisotopic (exact) mass is 438 g/mol. The van der Waals surface area contributed by atoms with Crippen LogP contribution in [-0.4, -0.2) is 36.6 Å². The van der Waals surface area contributed by atoms with Crippen molar-refractivity contribution in [2.45, 2.75) is 26.3 Å². The van der Waals surface area contributed by atoms with Crippen LogP contribution in [0.4, 0.5) is 0 Å². The molecule has 1 aromatic heterocycles. The van der Waals surface area contributed by atoms with Gasteiger partial charge in [0.05, 0.1) is 22.8 Å². The molecule has 1 unspecified atom stereocenters. The van der Waals surface area contributed by atoms with E-state index in [-0.39, 0.29) is 16.6 Å². The molecule has 0 spiro atoms. The molecule has 0 aliphatic carbocycles. The van der Waals surface area contributed by atoms with Crippen molar-refractivity contribution in [1.82, 2.24) is 5.32 Å². The second-order valence-corrected chi connectivity index (χ2v) is 7.56. The molecule has 7 nitrogen and oxygen atoms in total. The normalized spacial score (nSPS) is 19.1. The van der Waals surface area contributed by atoms with Crippen LogP contribution < -0.4 is 5.32 Å². The fourth-order valence-corrected chi connectivity index (χ4v) is 3.48. The minimum atomic E-state index is -0.498. The fourth-order valence-electron chi connectivity index (χ4n) is 3.28. The van der Waals surface area contributed by atoms with Crippen molar-refractivity contribution in [3.05, 3.63) is 63.4 Å². The van der Waals surface area contributed by atoms with Gasteiger partial charge in [-0.2, -0.15) is 0 Å². The molecule has 158 valence electrons. The third-order valence-electron chi connectivity index (χ3n) is 4.94. The van der Waals surface area contributed by atoms with E-state index in [1.807, 2.05) is 6.92 Å². The van der Waals surface area contributed by atoms with Gasteiger partial charge < -0.3 is 9.15 Å². The molecule has 4 rings (SSSR count). The Kier molecular flexibility index (Phi) is 5.61. The lowest BCUT2D eigenvalue weighted by molar-refractivity contribution is -0.126. The quantitative estimate of drug-likeness (QED) is 0.418. The number of ether oxygens (including phenoxy) is 1. The van der Waals surface area contributed by atoms with Crippen LogP contribution in [0.15, 0.2) is 56.5 Å². The van der Waals surface area contributed by atoms with Crippen LogP contribution in [0.1, 0.15) is 36.4 Å². The third-order valence-corrected chi connectivity index (χ3v) is 5.27. The average molecular weight is 439 g/mol. The summed E-state index contributed by atoms with van der Waals surface area (Å²) in [6.45, 7) is 3.93. The zero-order chi connectivity index (χ0) is 22.1. The van der Waals surface area contributed by atoms with Gasteiger partial charge in [0.25, 0.3) is 11.8 Å². The first-order chi connectivity index (χ1) is 14.9. The molecule has 1 aromatic carbocycles. The summed E-state index contributed by atoms with van der Waals surface area (Å²) < 4.78 is 11.0. The summed E-state index contributed by atoms with van der Waals surface area (Å²) in [6, 6.07) is 8.10. The molecule has 0 radical (unpaired) electrons. The van der Waals surface area contributed by atoms with Crippen LogP contribution >= 0.6 is 11.6 Å². The summed E-state index contributed by atoms with van der Waals surface area (Å²) in [5.41, 5.74) is 2.26. The highest BCUT2D eigenvalue weighted by molar-refractivity contribution is 6.33. The average Bonchev–Trinajstić information content (AvgIpc) is 3.46. The third kappa shape index (κ3) is 4.22. The Balaban J connectivity index is 1.64. The summed E-state index contributed by atoms with van der Waals surface area (Å²) in [5.74, 6) is -0.493. The van der Waals surface area contributed by atoms with Crippen molar-refractivity contribution in [3.63, 3.8) is 0 Å². The number of esters is 1. The van der Waals surface area contributed by atoms with Crippen LogP contribution in [0.5, 0.6) is 0 Å². The van der Waals surface area contributed by atoms with Gasteiger partial charge in [-0.1, -0.05) is 18.5 Å². The number of benzene rings is 1. The summed E-state index contributed by atoms with van der Waals surface area (Å²) in [5, 5.41) is 2.63. The van der Waals surface area contributed by atoms with E-state index in [1.54, 1.807) is 49.5 Å². The number of hydrogen-bond donors (Lipinski definition) is 1. The van der Waals surface area contributed by atoms with Crippen molar-refractivity contribution in [1.29, 1.82) is 0 Å². The summed E-state index contributed by atoms with van der Waals surface area (Å²) >= 11 is 6.15. The van der Waals surface area contributed by atoms with Crippen LogP contribution in [0.25, 0.3) is 17.4 Å². The van der Waals surface area contributed by atoms with Gasteiger partial charge in [0.15, 0.2) is 0 Å². The van der Waals surface area contributed by atoms with E-state index in [2.05, 4.69) is 10.3 Å². The maximum absolute atomic E-state index is 12.3. The molecule has 0 bridgehead atoms. The Hall–Kier alpha value is -3.45. The van der Waals surface area contributed by atoms with Crippen LogP contribution in [0.2, 0.25) is 5.02 Å². The van der Waals surface area contributed by atoms with E-state index in [0.717, 1.165) is 0 Å². The number of furan rings is 1. The largest absolute Gasteiger partial charge is 0.462 e. The van der Waals surface area contributed by atoms with Crippen LogP contribution in [-0.2, 0) is 14.3 Å². The lowest BCUT2D eigenvalue weighted by atomic mass is 9.93. The first-order valence-corrected chi connectivity index (χ1v) is 10.2. The number of nitrogens with zero attached hydrogens (tertiary/aromatic N) is 1. The zero-order valence-electron chi connectivity index (χ0n) is 16.9. The molecule has 2 aliphatic heterocycles. The van der Waals surface area contributed by atoms with Gasteiger partial charge in [-0.05, 0) is 55.3 Å². The van der Waals surface area contributed by atoms with Gasteiger partial charge in [-0.25, -0.2) is 4.79 Å². The van der Waals surface area contributed by atoms with Crippen molar-refractivity contribution in [3.8, 4) is 11.3 Å². The molecular weight excluding hydrogens is 420 g/mol. The van der Waals surface area contributed by atoms with E-state index >= 15 is 0 Å². The molecule has 0 saturated carbocycles. The van der Waals surface area contributed by atoms with Crippen molar-refractivity contribution >= 4 is 41.7 Å². The van der Waals surface area contributed by atoms with Gasteiger partial charge in [0.1, 0.15) is 17.6 Å². The maximum atomic E-state index is 12.3. The van der Waals surface area contributed by atoms with E-state index in [9.17, 15) is 14.4 Å². The number of halogens is 1. The van der Waals surface area contributed by atoms with E-state index in [4.69, 9.17) is 20.8 Å². The second kappa shape index (κ2) is 8.35. The first-order valence-electron chi connectivity index (χ1n) is 9.77. The minimum absolute atomic E-state index is 0.252. The van der Waals surface area contributed by atoms with E-state index in [1.165, 1.54) is 0 Å². The number of nitrogens with one attached hydrogen (secondary N) is 1. The molecule has 0 saturated heterocycles. The Bertz CT molecular complexity index is 1180. The zero-order valence-corrected chi connectivity index (χ0v) is 17.7. The summed E-state index contributed by atoms with van der Waals surface area (Å²) in [6.07, 6.45) is 3.94. The fraction of sp³-hybridized carbons (Fsp3) is 0.217. The van der Waals surface area contributed by atoms with Gasteiger partial charge >= 0.3 is 5.97 Å². The highest BCUT2D eigenvalue weighted by atomic mass is 35.5. The van der Waals surface area contributed by atoms with Crippen LogP contribution in [0.3, 0.4) is 0 Å². The Morgan fingerprint density at radius 1 is 1.26 bits per heavy atom. The van der Waals surface area contributed by atoms with Gasteiger partial charge in [0, 0.05) is 17.4 Å². The minimum Gasteiger partial charge on any atom is -0.462 e. The summed E-state index contributed by atoms with van der Waals surface area (Å²) in [4.78, 5) is 40.7. The number of hydrogen-bond acceptors (Lipinski definition) is 6. The predicted octanol–water partition coefficient (Wildman–Crippen LogP) is 3.98. The molecule has 3 heterocycles. The number of amides is 2. The van der Waals surface area contributed by atoms with Crippen molar-refractivity contribution in [2.75, 3.05) is 6.61 Å². The van der Waals surface area contributed by atoms with Crippen molar-refractivity contribution < 1.29 is 23.5 Å². The molecule has 31 heavy (non-hydrogen) atoms.